The molecule has 0 radical (unpaired) electrons. The third-order valence-corrected chi connectivity index (χ3v) is 5.10. The van der Waals surface area contributed by atoms with E-state index in [0.717, 1.165) is 19.5 Å². The SMILES string of the molecule is CO[C@H]1CN(c2nc(-c3ncc[nH]3)c(C(=O)O)s2)CC[C@H]1C. The summed E-state index contributed by atoms with van der Waals surface area (Å²) in [6.07, 6.45) is 4.38. The number of thiazole rings is 1. The molecule has 0 aliphatic carbocycles. The molecule has 1 fully saturated rings. The van der Waals surface area contributed by atoms with Crippen LogP contribution in [0, 0.1) is 5.92 Å². The number of aromatic nitrogens is 3. The van der Waals surface area contributed by atoms with E-state index in [2.05, 4.69) is 26.8 Å². The van der Waals surface area contributed by atoms with Gasteiger partial charge in [-0.05, 0) is 12.3 Å². The zero-order valence-electron chi connectivity index (χ0n) is 12.4. The lowest BCUT2D eigenvalue weighted by Gasteiger charge is -2.35. The van der Waals surface area contributed by atoms with Gasteiger partial charge in [0, 0.05) is 32.6 Å². The van der Waals surface area contributed by atoms with E-state index >= 15 is 0 Å². The van der Waals surface area contributed by atoms with Gasteiger partial charge in [0.25, 0.3) is 0 Å². The molecule has 1 aliphatic heterocycles. The zero-order chi connectivity index (χ0) is 15.7. The van der Waals surface area contributed by atoms with E-state index in [-0.39, 0.29) is 11.0 Å². The van der Waals surface area contributed by atoms with Crippen LogP contribution in [-0.2, 0) is 4.74 Å². The number of imidazole rings is 1. The molecular weight excluding hydrogens is 304 g/mol. The summed E-state index contributed by atoms with van der Waals surface area (Å²) in [7, 11) is 1.71. The molecule has 3 rings (SSSR count). The molecule has 8 heteroatoms. The average Bonchev–Trinajstić information content (AvgIpc) is 3.16. The number of methoxy groups -OCH3 is 1. The number of nitrogens with one attached hydrogen (secondary N) is 1. The Hall–Kier alpha value is -1.93. The van der Waals surface area contributed by atoms with Gasteiger partial charge in [0.15, 0.2) is 11.0 Å². The van der Waals surface area contributed by atoms with Crippen LogP contribution in [0.15, 0.2) is 12.4 Å². The van der Waals surface area contributed by atoms with E-state index in [1.165, 1.54) is 11.3 Å². The van der Waals surface area contributed by atoms with Gasteiger partial charge < -0.3 is 19.7 Å². The lowest BCUT2D eigenvalue weighted by molar-refractivity contribution is 0.0498. The summed E-state index contributed by atoms with van der Waals surface area (Å²) in [5.41, 5.74) is 0.394. The molecule has 0 amide bonds. The highest BCUT2D eigenvalue weighted by Crippen LogP contribution is 2.34. The number of carboxylic acids is 1. The molecule has 2 aromatic rings. The summed E-state index contributed by atoms with van der Waals surface area (Å²) in [5.74, 6) is -0.0120. The summed E-state index contributed by atoms with van der Waals surface area (Å²) in [6.45, 7) is 3.75. The molecule has 1 saturated heterocycles. The van der Waals surface area contributed by atoms with Crippen LogP contribution in [-0.4, -0.2) is 52.3 Å². The van der Waals surface area contributed by atoms with Crippen molar-refractivity contribution in [2.75, 3.05) is 25.1 Å². The number of aromatic carboxylic acids is 1. The van der Waals surface area contributed by atoms with Crippen LogP contribution in [0.1, 0.15) is 23.0 Å². The molecule has 0 aromatic carbocycles. The van der Waals surface area contributed by atoms with Crippen molar-refractivity contribution in [2.45, 2.75) is 19.4 Å². The predicted molar refractivity (Wildman–Crippen MR) is 83.4 cm³/mol. The van der Waals surface area contributed by atoms with Gasteiger partial charge in [-0.25, -0.2) is 14.8 Å². The number of carboxylic acid groups (broad SMARTS) is 1. The number of anilines is 1. The van der Waals surface area contributed by atoms with Crippen LogP contribution in [0.25, 0.3) is 11.5 Å². The standard InChI is InChI=1S/C14H18N4O3S/c1-8-3-6-18(7-9(8)21-2)14-17-10(11(22-14)13(19)20)12-15-4-5-16-12/h4-5,8-9H,3,6-7H2,1-2H3,(H,15,16)(H,19,20)/t8-,9+/m1/s1. The predicted octanol–water partition coefficient (Wildman–Crippen LogP) is 2.09. The van der Waals surface area contributed by atoms with Gasteiger partial charge in [-0.15, -0.1) is 0 Å². The van der Waals surface area contributed by atoms with E-state index in [4.69, 9.17) is 4.74 Å². The fraction of sp³-hybridized carbons (Fsp3) is 0.500. The first-order valence-electron chi connectivity index (χ1n) is 7.11. The van der Waals surface area contributed by atoms with Crippen molar-refractivity contribution >= 4 is 22.4 Å². The summed E-state index contributed by atoms with van der Waals surface area (Å²) in [4.78, 5) is 25.3. The summed E-state index contributed by atoms with van der Waals surface area (Å²) >= 11 is 1.19. The van der Waals surface area contributed by atoms with Crippen LogP contribution in [0.5, 0.6) is 0 Å². The van der Waals surface area contributed by atoms with E-state index < -0.39 is 5.97 Å². The first kappa shape index (κ1) is 15.0. The van der Waals surface area contributed by atoms with Gasteiger partial charge >= 0.3 is 5.97 Å². The fourth-order valence-corrected chi connectivity index (χ4v) is 3.60. The maximum Gasteiger partial charge on any atom is 0.348 e. The highest BCUT2D eigenvalue weighted by molar-refractivity contribution is 7.17. The van der Waals surface area contributed by atoms with Crippen molar-refractivity contribution in [3.05, 3.63) is 17.3 Å². The molecule has 0 unspecified atom stereocenters. The lowest BCUT2D eigenvalue weighted by Crippen LogP contribution is -2.43. The van der Waals surface area contributed by atoms with Gasteiger partial charge in [-0.2, -0.15) is 0 Å². The third kappa shape index (κ3) is 2.71. The van der Waals surface area contributed by atoms with E-state index in [1.807, 2.05) is 0 Å². The Morgan fingerprint density at radius 3 is 3.05 bits per heavy atom. The second-order valence-electron chi connectivity index (χ2n) is 5.40. The Morgan fingerprint density at radius 2 is 2.41 bits per heavy atom. The minimum absolute atomic E-state index is 0.137. The first-order valence-corrected chi connectivity index (χ1v) is 7.93. The number of H-pyrrole nitrogens is 1. The second kappa shape index (κ2) is 6.05. The molecule has 0 bridgehead atoms. The van der Waals surface area contributed by atoms with Crippen LogP contribution < -0.4 is 4.90 Å². The van der Waals surface area contributed by atoms with Crippen LogP contribution in [0.4, 0.5) is 5.13 Å². The molecular formula is C14H18N4O3S. The normalized spacial score (nSPS) is 22.0. The summed E-state index contributed by atoms with van der Waals surface area (Å²) in [5, 5.41) is 10.1. The number of hydrogen-bond acceptors (Lipinski definition) is 6. The minimum atomic E-state index is -0.983. The molecule has 22 heavy (non-hydrogen) atoms. The molecule has 2 aromatic heterocycles. The largest absolute Gasteiger partial charge is 0.477 e. The number of nitrogens with zero attached hydrogens (tertiary/aromatic N) is 3. The highest BCUT2D eigenvalue weighted by atomic mass is 32.1. The molecule has 7 nitrogen and oxygen atoms in total. The molecule has 0 saturated carbocycles. The van der Waals surface area contributed by atoms with Gasteiger partial charge in [0.1, 0.15) is 10.6 Å². The van der Waals surface area contributed by atoms with Crippen molar-refractivity contribution in [3.8, 4) is 11.5 Å². The molecule has 2 N–H and O–H groups in total. The Bertz CT molecular complexity index is 655. The van der Waals surface area contributed by atoms with E-state index in [0.29, 0.717) is 22.6 Å². The maximum absolute atomic E-state index is 11.5. The number of hydrogen-bond donors (Lipinski definition) is 2. The van der Waals surface area contributed by atoms with Crippen LogP contribution in [0.2, 0.25) is 0 Å². The van der Waals surface area contributed by atoms with Gasteiger partial charge in [-0.1, -0.05) is 18.3 Å². The molecule has 2 atom stereocenters. The highest BCUT2D eigenvalue weighted by Gasteiger charge is 2.30. The Balaban J connectivity index is 1.92. The van der Waals surface area contributed by atoms with E-state index in [1.54, 1.807) is 19.5 Å². The topological polar surface area (TPSA) is 91.3 Å². The number of carbonyl (C=O) groups is 1. The quantitative estimate of drug-likeness (QED) is 0.895. The van der Waals surface area contributed by atoms with Crippen molar-refractivity contribution in [3.63, 3.8) is 0 Å². The number of piperidine rings is 1. The molecule has 0 spiro atoms. The van der Waals surface area contributed by atoms with Crippen molar-refractivity contribution in [1.29, 1.82) is 0 Å². The van der Waals surface area contributed by atoms with Crippen molar-refractivity contribution in [2.24, 2.45) is 5.92 Å². The molecule has 1 aliphatic rings. The van der Waals surface area contributed by atoms with E-state index in [9.17, 15) is 9.90 Å². The molecule has 118 valence electrons. The smallest absolute Gasteiger partial charge is 0.348 e. The number of aromatic amines is 1. The second-order valence-corrected chi connectivity index (χ2v) is 6.38. The Kier molecular flexibility index (Phi) is 4.12. The number of ether oxygens (including phenoxy) is 1. The third-order valence-electron chi connectivity index (χ3n) is 4.00. The minimum Gasteiger partial charge on any atom is -0.477 e. The number of rotatable bonds is 4. The van der Waals surface area contributed by atoms with Crippen LogP contribution >= 0.6 is 11.3 Å². The summed E-state index contributed by atoms with van der Waals surface area (Å²) < 4.78 is 5.51. The Labute approximate surface area is 132 Å². The average molecular weight is 322 g/mol. The van der Waals surface area contributed by atoms with Gasteiger partial charge in [-0.3, -0.25) is 0 Å². The Morgan fingerprint density at radius 1 is 1.59 bits per heavy atom. The maximum atomic E-state index is 11.5. The van der Waals surface area contributed by atoms with Crippen molar-refractivity contribution in [1.82, 2.24) is 15.0 Å². The fourth-order valence-electron chi connectivity index (χ4n) is 2.66. The van der Waals surface area contributed by atoms with Crippen molar-refractivity contribution < 1.29 is 14.6 Å². The summed E-state index contributed by atoms with van der Waals surface area (Å²) in [6, 6.07) is 0. The monoisotopic (exact) mass is 322 g/mol. The molecule has 3 heterocycles. The zero-order valence-corrected chi connectivity index (χ0v) is 13.3. The lowest BCUT2D eigenvalue weighted by atomic mass is 9.96. The van der Waals surface area contributed by atoms with Crippen LogP contribution in [0.3, 0.4) is 0 Å². The first-order chi connectivity index (χ1) is 10.6. The van der Waals surface area contributed by atoms with Gasteiger partial charge in [0.05, 0.1) is 6.10 Å². The van der Waals surface area contributed by atoms with Gasteiger partial charge in [0.2, 0.25) is 0 Å².